The van der Waals surface area contributed by atoms with Crippen molar-refractivity contribution in [1.29, 1.82) is 0 Å². The Kier molecular flexibility index (Phi) is 5.33. The number of aromatic nitrogens is 2. The molecule has 0 saturated heterocycles. The van der Waals surface area contributed by atoms with Gasteiger partial charge in [-0.15, -0.1) is 0 Å². The molecule has 1 aliphatic carbocycles. The van der Waals surface area contributed by atoms with Crippen LogP contribution < -0.4 is 10.5 Å². The van der Waals surface area contributed by atoms with Crippen molar-refractivity contribution in [2.45, 2.75) is 48.8 Å². The molecule has 3 aromatic rings. The third-order valence-electron chi connectivity index (χ3n) is 5.44. The first-order chi connectivity index (χ1) is 14.1. The highest BCUT2D eigenvalue weighted by Crippen LogP contribution is 2.34. The van der Waals surface area contributed by atoms with Crippen LogP contribution in [0.25, 0.3) is 22.2 Å². The fourth-order valence-electron chi connectivity index (χ4n) is 3.82. The number of hydrogen-bond donors (Lipinski definition) is 3. The zero-order valence-electron chi connectivity index (χ0n) is 15.9. The molecule has 30 heavy (non-hydrogen) atoms. The molecule has 0 bridgehead atoms. The highest BCUT2D eigenvalue weighted by Gasteiger charge is 2.33. The van der Waals surface area contributed by atoms with Crippen LogP contribution in [0.1, 0.15) is 31.4 Å². The van der Waals surface area contributed by atoms with Gasteiger partial charge in [-0.25, -0.2) is 18.1 Å². The van der Waals surface area contributed by atoms with Gasteiger partial charge in [-0.3, -0.25) is 0 Å². The molecule has 2 heterocycles. The maximum absolute atomic E-state index is 13.0. The fourth-order valence-corrected chi connectivity index (χ4v) is 5.14. The van der Waals surface area contributed by atoms with Crippen LogP contribution in [0.3, 0.4) is 0 Å². The third kappa shape index (κ3) is 4.07. The molecule has 0 unspecified atom stereocenters. The van der Waals surface area contributed by atoms with Crippen molar-refractivity contribution >= 4 is 21.1 Å². The number of hydrogen-bond acceptors (Lipinski definition) is 4. The lowest BCUT2D eigenvalue weighted by Gasteiger charge is -2.29. The molecular weight excluding hydrogens is 417 g/mol. The van der Waals surface area contributed by atoms with Crippen LogP contribution in [0.15, 0.2) is 47.5 Å². The molecule has 1 aromatic carbocycles. The number of alkyl halides is 3. The predicted octanol–water partition coefficient (Wildman–Crippen LogP) is 3.80. The van der Waals surface area contributed by atoms with Crippen molar-refractivity contribution in [3.05, 3.63) is 48.3 Å². The first-order valence-corrected chi connectivity index (χ1v) is 11.1. The predicted molar refractivity (Wildman–Crippen MR) is 107 cm³/mol. The monoisotopic (exact) mass is 438 g/mol. The number of nitrogens with zero attached hydrogens (tertiary/aromatic N) is 1. The molecule has 0 radical (unpaired) electrons. The van der Waals surface area contributed by atoms with Crippen molar-refractivity contribution in [2.24, 2.45) is 5.73 Å². The number of sulfonamides is 1. The van der Waals surface area contributed by atoms with Gasteiger partial charge in [0.15, 0.2) is 0 Å². The molecule has 2 aromatic heterocycles. The molecule has 4 N–H and O–H groups in total. The number of halogens is 3. The second-order valence-electron chi connectivity index (χ2n) is 7.50. The topological polar surface area (TPSA) is 101 Å². The van der Waals surface area contributed by atoms with Crippen LogP contribution in [-0.2, 0) is 16.2 Å². The van der Waals surface area contributed by atoms with Crippen LogP contribution >= 0.6 is 0 Å². The van der Waals surface area contributed by atoms with Gasteiger partial charge >= 0.3 is 6.18 Å². The quantitative estimate of drug-likeness (QED) is 0.577. The Morgan fingerprint density at radius 1 is 1.10 bits per heavy atom. The molecule has 160 valence electrons. The van der Waals surface area contributed by atoms with Gasteiger partial charge in [0.1, 0.15) is 11.3 Å². The number of fused-ring (bicyclic) bond motifs is 1. The number of H-pyrrole nitrogens is 1. The maximum atomic E-state index is 13.0. The lowest BCUT2D eigenvalue weighted by atomic mass is 9.92. The van der Waals surface area contributed by atoms with E-state index in [1.807, 2.05) is 0 Å². The van der Waals surface area contributed by atoms with E-state index >= 15 is 0 Å². The van der Waals surface area contributed by atoms with Gasteiger partial charge in [-0.05, 0) is 48.2 Å². The molecule has 0 amide bonds. The number of nitrogens with two attached hydrogens (primary N) is 1. The molecule has 4 rings (SSSR count). The van der Waals surface area contributed by atoms with Crippen LogP contribution in [0.2, 0.25) is 0 Å². The molecule has 2 atom stereocenters. The summed E-state index contributed by atoms with van der Waals surface area (Å²) in [5.41, 5.74) is 6.38. The van der Waals surface area contributed by atoms with Crippen LogP contribution in [-0.4, -0.2) is 30.5 Å². The summed E-state index contributed by atoms with van der Waals surface area (Å²) < 4.78 is 67.2. The highest BCUT2D eigenvalue weighted by atomic mass is 32.2. The standard InChI is InChI=1S/C20H21F3N4O2S/c21-20(22,23)18-11-15-14(9-10-25-19(15)26-18)12-5-7-13(8-6-12)30(28,29)27-17-4-2-1-3-16(17)24/h5-11,16-17,27H,1-4,24H2,(H,25,26)/t16-,17+/m1/s1. The molecule has 1 saturated carbocycles. The highest BCUT2D eigenvalue weighted by molar-refractivity contribution is 7.89. The van der Waals surface area contributed by atoms with Crippen molar-refractivity contribution in [1.82, 2.24) is 14.7 Å². The van der Waals surface area contributed by atoms with Gasteiger partial charge in [0.05, 0.1) is 4.90 Å². The summed E-state index contributed by atoms with van der Waals surface area (Å²) in [6, 6.07) is 8.12. The normalized spacial score (nSPS) is 20.5. The second kappa shape index (κ2) is 7.68. The minimum absolute atomic E-state index is 0.0828. The van der Waals surface area contributed by atoms with E-state index in [4.69, 9.17) is 5.73 Å². The summed E-state index contributed by atoms with van der Waals surface area (Å²) in [5, 5.41) is 0.312. The number of rotatable bonds is 4. The molecule has 1 fully saturated rings. The molecule has 6 nitrogen and oxygen atoms in total. The van der Waals surface area contributed by atoms with Crippen molar-refractivity contribution in [3.63, 3.8) is 0 Å². The van der Waals surface area contributed by atoms with Crippen LogP contribution in [0.5, 0.6) is 0 Å². The van der Waals surface area contributed by atoms with E-state index in [0.29, 0.717) is 22.9 Å². The van der Waals surface area contributed by atoms with Crippen LogP contribution in [0.4, 0.5) is 13.2 Å². The number of nitrogens with one attached hydrogen (secondary N) is 2. The molecule has 10 heteroatoms. The SMILES string of the molecule is N[C@@H]1CCCC[C@@H]1NS(=O)(=O)c1ccc(-c2ccnc3[nH]c(C(F)(F)F)cc23)cc1. The summed E-state index contributed by atoms with van der Waals surface area (Å²) in [6.07, 6.45) is 0.286. The average Bonchev–Trinajstić information content (AvgIpc) is 3.15. The van der Waals surface area contributed by atoms with Gasteiger partial charge in [0.25, 0.3) is 0 Å². The van der Waals surface area contributed by atoms with Gasteiger partial charge < -0.3 is 10.7 Å². The van der Waals surface area contributed by atoms with Crippen molar-refractivity contribution in [2.75, 3.05) is 0 Å². The summed E-state index contributed by atoms with van der Waals surface area (Å²) in [7, 11) is -3.75. The Morgan fingerprint density at radius 3 is 2.47 bits per heavy atom. The Balaban J connectivity index is 1.63. The number of pyridine rings is 1. The summed E-state index contributed by atoms with van der Waals surface area (Å²) in [4.78, 5) is 6.32. The van der Waals surface area contributed by atoms with E-state index in [-0.39, 0.29) is 22.6 Å². The van der Waals surface area contributed by atoms with Gasteiger partial charge in [-0.2, -0.15) is 13.2 Å². The van der Waals surface area contributed by atoms with E-state index in [1.165, 1.54) is 18.3 Å². The largest absolute Gasteiger partial charge is 0.431 e. The van der Waals surface area contributed by atoms with Gasteiger partial charge in [0.2, 0.25) is 10.0 Å². The molecular formula is C20H21F3N4O2S. The smallest absolute Gasteiger partial charge is 0.336 e. The number of benzene rings is 1. The minimum atomic E-state index is -4.51. The Bertz CT molecular complexity index is 1160. The van der Waals surface area contributed by atoms with Crippen molar-refractivity contribution in [3.8, 4) is 11.1 Å². The van der Waals surface area contributed by atoms with Crippen LogP contribution in [0, 0.1) is 0 Å². The minimum Gasteiger partial charge on any atom is -0.336 e. The lowest BCUT2D eigenvalue weighted by Crippen LogP contribution is -2.49. The van der Waals surface area contributed by atoms with E-state index in [1.54, 1.807) is 18.2 Å². The Morgan fingerprint density at radius 2 is 1.80 bits per heavy atom. The van der Waals surface area contributed by atoms with E-state index in [0.717, 1.165) is 25.3 Å². The van der Waals surface area contributed by atoms with E-state index in [9.17, 15) is 21.6 Å². The first-order valence-electron chi connectivity index (χ1n) is 9.58. The first kappa shape index (κ1) is 20.8. The summed E-state index contributed by atoms with van der Waals surface area (Å²) in [6.45, 7) is 0. The summed E-state index contributed by atoms with van der Waals surface area (Å²) >= 11 is 0. The molecule has 1 aliphatic rings. The molecule has 0 spiro atoms. The summed E-state index contributed by atoms with van der Waals surface area (Å²) in [5.74, 6) is 0. The third-order valence-corrected chi connectivity index (χ3v) is 6.94. The Hall–Kier alpha value is -2.43. The van der Waals surface area contributed by atoms with Crippen molar-refractivity contribution < 1.29 is 21.6 Å². The average molecular weight is 438 g/mol. The molecule has 0 aliphatic heterocycles. The fraction of sp³-hybridized carbons (Fsp3) is 0.350. The Labute approximate surface area is 171 Å². The second-order valence-corrected chi connectivity index (χ2v) is 9.22. The lowest BCUT2D eigenvalue weighted by molar-refractivity contribution is -0.140. The van der Waals surface area contributed by atoms with E-state index < -0.39 is 21.9 Å². The zero-order chi connectivity index (χ0) is 21.5. The number of aromatic amines is 1. The maximum Gasteiger partial charge on any atom is 0.431 e. The van der Waals surface area contributed by atoms with E-state index in [2.05, 4.69) is 14.7 Å². The van der Waals surface area contributed by atoms with Gasteiger partial charge in [-0.1, -0.05) is 25.0 Å². The zero-order valence-corrected chi connectivity index (χ0v) is 16.7. The van der Waals surface area contributed by atoms with Gasteiger partial charge in [0, 0.05) is 23.7 Å².